The topological polar surface area (TPSA) is 65.5 Å². The molecule has 1 aromatic rings. The van der Waals surface area contributed by atoms with Crippen molar-refractivity contribution >= 4 is 0 Å². The van der Waals surface area contributed by atoms with E-state index < -0.39 is 0 Å². The molecule has 0 aliphatic carbocycles. The molecule has 0 atom stereocenters. The van der Waals surface area contributed by atoms with E-state index >= 15 is 0 Å². The standard InChI is InChI=1S/C13H23N3O3/c1-10(2)19-7-5-6-14-8-11-12(17-3)15-9-16-13(11)18-4/h9-10,14H,5-8H2,1-4H3. The Hall–Kier alpha value is -1.40. The molecule has 0 aliphatic heterocycles. The number of hydrogen-bond donors (Lipinski definition) is 1. The van der Waals surface area contributed by atoms with Crippen molar-refractivity contribution in [1.29, 1.82) is 0 Å². The van der Waals surface area contributed by atoms with Crippen molar-refractivity contribution in [2.75, 3.05) is 27.4 Å². The Morgan fingerprint density at radius 3 is 2.32 bits per heavy atom. The Labute approximate surface area is 114 Å². The molecule has 108 valence electrons. The Morgan fingerprint density at radius 1 is 1.16 bits per heavy atom. The van der Waals surface area contributed by atoms with Gasteiger partial charge in [0.05, 0.1) is 25.9 Å². The largest absolute Gasteiger partial charge is 0.481 e. The zero-order chi connectivity index (χ0) is 14.1. The zero-order valence-corrected chi connectivity index (χ0v) is 12.1. The first kappa shape index (κ1) is 15.7. The van der Waals surface area contributed by atoms with Crippen molar-refractivity contribution in [3.8, 4) is 11.8 Å². The van der Waals surface area contributed by atoms with Crippen LogP contribution >= 0.6 is 0 Å². The maximum Gasteiger partial charge on any atom is 0.224 e. The molecule has 0 aliphatic rings. The molecule has 6 heteroatoms. The smallest absolute Gasteiger partial charge is 0.224 e. The van der Waals surface area contributed by atoms with Crippen LogP contribution in [0.2, 0.25) is 0 Å². The SMILES string of the molecule is COc1ncnc(OC)c1CNCCCOC(C)C. The van der Waals surface area contributed by atoms with Gasteiger partial charge in [-0.05, 0) is 26.8 Å². The van der Waals surface area contributed by atoms with Crippen LogP contribution in [0.3, 0.4) is 0 Å². The Bertz CT molecular complexity index is 350. The lowest BCUT2D eigenvalue weighted by atomic mass is 10.3. The summed E-state index contributed by atoms with van der Waals surface area (Å²) >= 11 is 0. The van der Waals surface area contributed by atoms with Gasteiger partial charge in [-0.1, -0.05) is 0 Å². The number of hydrogen-bond acceptors (Lipinski definition) is 6. The molecule has 0 saturated heterocycles. The fourth-order valence-electron chi connectivity index (χ4n) is 1.61. The first-order valence-electron chi connectivity index (χ1n) is 6.43. The monoisotopic (exact) mass is 269 g/mol. The van der Waals surface area contributed by atoms with Gasteiger partial charge in [0.15, 0.2) is 0 Å². The summed E-state index contributed by atoms with van der Waals surface area (Å²) in [6.45, 7) is 6.28. The lowest BCUT2D eigenvalue weighted by Gasteiger charge is -2.12. The van der Waals surface area contributed by atoms with Crippen LogP contribution in [-0.2, 0) is 11.3 Å². The van der Waals surface area contributed by atoms with Crippen molar-refractivity contribution in [3.63, 3.8) is 0 Å². The molecule has 0 amide bonds. The van der Waals surface area contributed by atoms with Crippen LogP contribution in [0.5, 0.6) is 11.8 Å². The lowest BCUT2D eigenvalue weighted by Crippen LogP contribution is -2.18. The highest BCUT2D eigenvalue weighted by Gasteiger charge is 2.11. The Morgan fingerprint density at radius 2 is 1.79 bits per heavy atom. The highest BCUT2D eigenvalue weighted by molar-refractivity contribution is 5.34. The van der Waals surface area contributed by atoms with E-state index in [0.717, 1.165) is 25.1 Å². The second-order valence-corrected chi connectivity index (χ2v) is 4.32. The summed E-state index contributed by atoms with van der Waals surface area (Å²) in [6, 6.07) is 0. The van der Waals surface area contributed by atoms with E-state index in [0.29, 0.717) is 18.3 Å². The molecule has 1 aromatic heterocycles. The third kappa shape index (κ3) is 5.40. The van der Waals surface area contributed by atoms with Crippen molar-refractivity contribution < 1.29 is 14.2 Å². The van der Waals surface area contributed by atoms with Crippen LogP contribution in [-0.4, -0.2) is 43.4 Å². The minimum atomic E-state index is 0.280. The molecule has 0 unspecified atom stereocenters. The minimum Gasteiger partial charge on any atom is -0.481 e. The fourth-order valence-corrected chi connectivity index (χ4v) is 1.61. The summed E-state index contributed by atoms with van der Waals surface area (Å²) in [5.41, 5.74) is 0.831. The van der Waals surface area contributed by atoms with Gasteiger partial charge in [-0.3, -0.25) is 0 Å². The molecule has 19 heavy (non-hydrogen) atoms. The molecule has 0 spiro atoms. The molecular weight excluding hydrogens is 246 g/mol. The Balaban J connectivity index is 2.40. The van der Waals surface area contributed by atoms with Crippen LogP contribution in [0.4, 0.5) is 0 Å². The first-order valence-corrected chi connectivity index (χ1v) is 6.43. The number of rotatable bonds is 9. The van der Waals surface area contributed by atoms with E-state index in [1.54, 1.807) is 14.2 Å². The van der Waals surface area contributed by atoms with Crippen molar-refractivity contribution in [2.45, 2.75) is 32.9 Å². The van der Waals surface area contributed by atoms with Crippen molar-refractivity contribution in [3.05, 3.63) is 11.9 Å². The maximum absolute atomic E-state index is 5.47. The summed E-state index contributed by atoms with van der Waals surface area (Å²) in [5, 5.41) is 3.30. The van der Waals surface area contributed by atoms with Crippen LogP contribution in [0.15, 0.2) is 6.33 Å². The third-order valence-corrected chi connectivity index (χ3v) is 2.50. The van der Waals surface area contributed by atoms with Gasteiger partial charge in [-0.2, -0.15) is 0 Å². The predicted octanol–water partition coefficient (Wildman–Crippen LogP) is 1.40. The average molecular weight is 269 g/mol. The van der Waals surface area contributed by atoms with Gasteiger partial charge in [-0.15, -0.1) is 0 Å². The van der Waals surface area contributed by atoms with Crippen molar-refractivity contribution in [2.24, 2.45) is 0 Å². The van der Waals surface area contributed by atoms with E-state index in [2.05, 4.69) is 15.3 Å². The van der Waals surface area contributed by atoms with Crippen molar-refractivity contribution in [1.82, 2.24) is 15.3 Å². The van der Waals surface area contributed by atoms with Gasteiger partial charge in [0, 0.05) is 13.2 Å². The number of ether oxygens (including phenoxy) is 3. The van der Waals surface area contributed by atoms with Gasteiger partial charge in [0.25, 0.3) is 0 Å². The predicted molar refractivity (Wildman–Crippen MR) is 72.5 cm³/mol. The van der Waals surface area contributed by atoms with E-state index in [9.17, 15) is 0 Å². The van der Waals surface area contributed by atoms with E-state index in [1.807, 2.05) is 13.8 Å². The van der Waals surface area contributed by atoms with Crippen LogP contribution in [0.25, 0.3) is 0 Å². The molecule has 0 aromatic carbocycles. The summed E-state index contributed by atoms with van der Waals surface area (Å²) in [5.74, 6) is 1.08. The molecule has 6 nitrogen and oxygen atoms in total. The maximum atomic E-state index is 5.47. The van der Waals surface area contributed by atoms with Gasteiger partial charge in [0.2, 0.25) is 11.8 Å². The molecule has 0 radical (unpaired) electrons. The summed E-state index contributed by atoms with van der Waals surface area (Å²) in [7, 11) is 3.17. The van der Waals surface area contributed by atoms with Gasteiger partial charge in [-0.25, -0.2) is 9.97 Å². The van der Waals surface area contributed by atoms with E-state index in [1.165, 1.54) is 6.33 Å². The number of nitrogens with zero attached hydrogens (tertiary/aromatic N) is 2. The molecule has 1 heterocycles. The normalized spacial score (nSPS) is 10.8. The third-order valence-electron chi connectivity index (χ3n) is 2.50. The second-order valence-electron chi connectivity index (χ2n) is 4.32. The van der Waals surface area contributed by atoms with Crippen LogP contribution in [0.1, 0.15) is 25.8 Å². The second kappa shape index (κ2) is 8.66. The summed E-state index contributed by atoms with van der Waals surface area (Å²) in [6.07, 6.45) is 2.66. The van der Waals surface area contributed by atoms with E-state index in [4.69, 9.17) is 14.2 Å². The van der Waals surface area contributed by atoms with Gasteiger partial charge < -0.3 is 19.5 Å². The highest BCUT2D eigenvalue weighted by atomic mass is 16.5. The number of methoxy groups -OCH3 is 2. The van der Waals surface area contributed by atoms with Gasteiger partial charge >= 0.3 is 0 Å². The Kier molecular flexibility index (Phi) is 7.14. The quantitative estimate of drug-likeness (QED) is 0.684. The highest BCUT2D eigenvalue weighted by Crippen LogP contribution is 2.22. The van der Waals surface area contributed by atoms with E-state index in [-0.39, 0.29) is 6.10 Å². The lowest BCUT2D eigenvalue weighted by molar-refractivity contribution is 0.0770. The molecule has 1 N–H and O–H groups in total. The summed E-state index contributed by atoms with van der Waals surface area (Å²) in [4.78, 5) is 8.13. The van der Waals surface area contributed by atoms with Crippen LogP contribution in [0, 0.1) is 0 Å². The van der Waals surface area contributed by atoms with Crippen LogP contribution < -0.4 is 14.8 Å². The number of aromatic nitrogens is 2. The first-order chi connectivity index (χ1) is 9.19. The molecule has 0 saturated carbocycles. The number of nitrogens with one attached hydrogen (secondary N) is 1. The fraction of sp³-hybridized carbons (Fsp3) is 0.692. The zero-order valence-electron chi connectivity index (χ0n) is 12.1. The molecular formula is C13H23N3O3. The molecule has 0 fully saturated rings. The minimum absolute atomic E-state index is 0.280. The molecule has 0 bridgehead atoms. The molecule has 1 rings (SSSR count). The average Bonchev–Trinajstić information content (AvgIpc) is 2.42. The van der Waals surface area contributed by atoms with Gasteiger partial charge in [0.1, 0.15) is 6.33 Å². The summed E-state index contributed by atoms with van der Waals surface area (Å²) < 4.78 is 15.9.